The molecule has 26 heavy (non-hydrogen) atoms. The summed E-state index contributed by atoms with van der Waals surface area (Å²) >= 11 is 0. The van der Waals surface area contributed by atoms with Crippen LogP contribution < -0.4 is 10.9 Å². The predicted molar refractivity (Wildman–Crippen MR) is 88.1 cm³/mol. The fourth-order valence-electron chi connectivity index (χ4n) is 2.73. The zero-order chi connectivity index (χ0) is 19.0. The van der Waals surface area contributed by atoms with Crippen molar-refractivity contribution in [3.63, 3.8) is 0 Å². The second-order valence-electron chi connectivity index (χ2n) is 6.39. The number of anilines is 1. The number of aliphatic hydroxyl groups is 2. The molecule has 142 valence electrons. The zero-order valence-electron chi connectivity index (χ0n) is 14.2. The van der Waals surface area contributed by atoms with Gasteiger partial charge in [0.1, 0.15) is 6.10 Å². The second-order valence-corrected chi connectivity index (χ2v) is 6.39. The number of aromatic amines is 1. The number of aliphatic hydroxyl groups excluding tert-OH is 2. The minimum Gasteiger partial charge on any atom is -0.396 e. The van der Waals surface area contributed by atoms with Crippen molar-refractivity contribution >= 4 is 23.0 Å². The number of rotatable bonds is 5. The van der Waals surface area contributed by atoms with E-state index in [1.54, 1.807) is 13.8 Å². The molecule has 10 nitrogen and oxygen atoms in total. The SMILES string of the molecule is CC(C)C(=O)Nc1nc2c(ncn2[C@@H]2O[C@H](CCO)[C@@H](F)[C@H]2O)c(=O)[nH]1. The van der Waals surface area contributed by atoms with Crippen LogP contribution in [-0.4, -0.2) is 60.6 Å². The molecule has 4 N–H and O–H groups in total. The molecule has 0 bridgehead atoms. The van der Waals surface area contributed by atoms with Crippen LogP contribution in [0, 0.1) is 5.92 Å². The summed E-state index contributed by atoms with van der Waals surface area (Å²) in [5.74, 6) is -0.755. The Balaban J connectivity index is 1.98. The molecule has 0 aliphatic carbocycles. The molecule has 1 fully saturated rings. The van der Waals surface area contributed by atoms with Gasteiger partial charge in [-0.25, -0.2) is 9.37 Å². The van der Waals surface area contributed by atoms with Gasteiger partial charge in [-0.2, -0.15) is 4.98 Å². The van der Waals surface area contributed by atoms with Crippen LogP contribution in [0.3, 0.4) is 0 Å². The van der Waals surface area contributed by atoms with Gasteiger partial charge in [0, 0.05) is 12.5 Å². The topological polar surface area (TPSA) is 142 Å². The van der Waals surface area contributed by atoms with Crippen molar-refractivity contribution in [1.29, 1.82) is 0 Å². The lowest BCUT2D eigenvalue weighted by molar-refractivity contribution is -0.118. The number of imidazole rings is 1. The van der Waals surface area contributed by atoms with E-state index in [1.165, 1.54) is 10.9 Å². The third-order valence-corrected chi connectivity index (χ3v) is 4.17. The van der Waals surface area contributed by atoms with Crippen LogP contribution in [0.25, 0.3) is 11.2 Å². The molecule has 11 heteroatoms. The molecule has 2 aromatic rings. The summed E-state index contributed by atoms with van der Waals surface area (Å²) in [7, 11) is 0. The number of ether oxygens (including phenoxy) is 1. The Kier molecular flexibility index (Phi) is 5.03. The lowest BCUT2D eigenvalue weighted by atomic mass is 10.1. The molecular formula is C15H20FN5O5. The quantitative estimate of drug-likeness (QED) is 0.566. The third-order valence-electron chi connectivity index (χ3n) is 4.17. The third kappa shape index (κ3) is 3.20. The van der Waals surface area contributed by atoms with Gasteiger partial charge >= 0.3 is 0 Å². The van der Waals surface area contributed by atoms with Gasteiger partial charge in [-0.05, 0) is 6.42 Å². The van der Waals surface area contributed by atoms with Crippen molar-refractivity contribution < 1.29 is 24.1 Å². The Morgan fingerprint density at radius 2 is 2.27 bits per heavy atom. The lowest BCUT2D eigenvalue weighted by Gasteiger charge is -2.16. The van der Waals surface area contributed by atoms with E-state index in [0.717, 1.165) is 0 Å². The van der Waals surface area contributed by atoms with Crippen molar-refractivity contribution in [2.75, 3.05) is 11.9 Å². The van der Waals surface area contributed by atoms with Gasteiger partial charge in [0.15, 0.2) is 23.6 Å². The number of fused-ring (bicyclic) bond motifs is 1. The fourth-order valence-corrected chi connectivity index (χ4v) is 2.73. The van der Waals surface area contributed by atoms with Crippen LogP contribution in [0.5, 0.6) is 0 Å². The van der Waals surface area contributed by atoms with Gasteiger partial charge < -0.3 is 14.9 Å². The number of carbonyl (C=O) groups excluding carboxylic acids is 1. The summed E-state index contributed by atoms with van der Waals surface area (Å²) in [6, 6.07) is 0. The van der Waals surface area contributed by atoms with E-state index in [0.29, 0.717) is 0 Å². The number of nitrogens with one attached hydrogen (secondary N) is 2. The maximum Gasteiger partial charge on any atom is 0.280 e. The van der Waals surface area contributed by atoms with Crippen molar-refractivity contribution in [2.24, 2.45) is 5.92 Å². The van der Waals surface area contributed by atoms with Crippen molar-refractivity contribution in [1.82, 2.24) is 19.5 Å². The number of carbonyl (C=O) groups is 1. The van der Waals surface area contributed by atoms with Crippen LogP contribution in [0.1, 0.15) is 26.5 Å². The Morgan fingerprint density at radius 3 is 2.92 bits per heavy atom. The number of aromatic nitrogens is 4. The van der Waals surface area contributed by atoms with E-state index in [2.05, 4.69) is 20.3 Å². The van der Waals surface area contributed by atoms with E-state index < -0.39 is 30.2 Å². The highest BCUT2D eigenvalue weighted by molar-refractivity contribution is 5.91. The number of hydrogen-bond donors (Lipinski definition) is 4. The molecule has 1 saturated heterocycles. The summed E-state index contributed by atoms with van der Waals surface area (Å²) < 4.78 is 20.9. The van der Waals surface area contributed by atoms with Crippen LogP contribution in [0.2, 0.25) is 0 Å². The minimum atomic E-state index is -1.70. The second kappa shape index (κ2) is 7.09. The van der Waals surface area contributed by atoms with Crippen LogP contribution in [-0.2, 0) is 9.53 Å². The first-order chi connectivity index (χ1) is 12.3. The molecule has 3 rings (SSSR count). The Bertz CT molecular complexity index is 866. The van der Waals surface area contributed by atoms with E-state index in [4.69, 9.17) is 9.84 Å². The number of halogens is 1. The molecule has 3 heterocycles. The molecule has 0 spiro atoms. The van der Waals surface area contributed by atoms with E-state index >= 15 is 0 Å². The Morgan fingerprint density at radius 1 is 1.54 bits per heavy atom. The molecule has 0 radical (unpaired) electrons. The van der Waals surface area contributed by atoms with E-state index in [-0.39, 0.29) is 42.0 Å². The van der Waals surface area contributed by atoms with Gasteiger partial charge in [0.25, 0.3) is 5.56 Å². The monoisotopic (exact) mass is 369 g/mol. The maximum atomic E-state index is 14.2. The minimum absolute atomic E-state index is 0.0189. The van der Waals surface area contributed by atoms with Crippen LogP contribution in [0.4, 0.5) is 10.3 Å². The summed E-state index contributed by atoms with van der Waals surface area (Å²) in [5.41, 5.74) is -0.595. The summed E-state index contributed by atoms with van der Waals surface area (Å²) in [6.45, 7) is 3.07. The zero-order valence-corrected chi connectivity index (χ0v) is 14.2. The molecule has 1 aliphatic rings. The molecule has 2 aromatic heterocycles. The van der Waals surface area contributed by atoms with E-state index in [1.807, 2.05) is 0 Å². The Hall–Kier alpha value is -2.37. The van der Waals surface area contributed by atoms with Crippen LogP contribution >= 0.6 is 0 Å². The lowest BCUT2D eigenvalue weighted by Crippen LogP contribution is -2.28. The highest BCUT2D eigenvalue weighted by Gasteiger charge is 2.45. The first-order valence-corrected chi connectivity index (χ1v) is 8.19. The Labute approximate surface area is 147 Å². The summed E-state index contributed by atoms with van der Waals surface area (Å²) in [6.07, 6.45) is -4.13. The molecule has 0 unspecified atom stereocenters. The highest BCUT2D eigenvalue weighted by atomic mass is 19.1. The number of alkyl halides is 1. The predicted octanol–water partition coefficient (Wildman–Crippen LogP) is -0.307. The highest BCUT2D eigenvalue weighted by Crippen LogP contribution is 2.34. The first-order valence-electron chi connectivity index (χ1n) is 8.19. The molecular weight excluding hydrogens is 349 g/mol. The standard InChI is InChI=1S/C15H20FN5O5/c1-6(2)12(24)19-15-18-11-9(13(25)20-15)17-5-21(11)14-10(23)8(16)7(26-14)3-4-22/h5-8,10,14,22-23H,3-4H2,1-2H3,(H2,18,19,20,24,25)/t7-,8-,10-,14-/m1/s1. The largest absolute Gasteiger partial charge is 0.396 e. The number of H-pyrrole nitrogens is 1. The molecule has 1 amide bonds. The van der Waals surface area contributed by atoms with Gasteiger partial charge in [0.05, 0.1) is 12.4 Å². The molecule has 4 atom stereocenters. The molecule has 0 aromatic carbocycles. The van der Waals surface area contributed by atoms with Crippen molar-refractivity contribution in [3.8, 4) is 0 Å². The van der Waals surface area contributed by atoms with Gasteiger partial charge in [0.2, 0.25) is 11.9 Å². The summed E-state index contributed by atoms with van der Waals surface area (Å²) in [5, 5.41) is 21.6. The normalized spacial score (nSPS) is 25.9. The van der Waals surface area contributed by atoms with E-state index in [9.17, 15) is 19.1 Å². The maximum absolute atomic E-state index is 14.2. The van der Waals surface area contributed by atoms with Gasteiger partial charge in [-0.3, -0.25) is 24.5 Å². The average molecular weight is 369 g/mol. The molecule has 1 aliphatic heterocycles. The summed E-state index contributed by atoms with van der Waals surface area (Å²) in [4.78, 5) is 34.5. The number of hydrogen-bond acceptors (Lipinski definition) is 7. The first kappa shape index (κ1) is 18.4. The van der Waals surface area contributed by atoms with Gasteiger partial charge in [-0.15, -0.1) is 0 Å². The van der Waals surface area contributed by atoms with Crippen molar-refractivity contribution in [2.45, 2.75) is 44.9 Å². The van der Waals surface area contributed by atoms with Crippen LogP contribution in [0.15, 0.2) is 11.1 Å². The van der Waals surface area contributed by atoms with Gasteiger partial charge in [-0.1, -0.05) is 13.8 Å². The van der Waals surface area contributed by atoms with Crippen molar-refractivity contribution in [3.05, 3.63) is 16.7 Å². The fraction of sp³-hybridized carbons (Fsp3) is 0.600. The average Bonchev–Trinajstić information content (AvgIpc) is 3.12. The number of amides is 1. The number of nitrogens with zero attached hydrogens (tertiary/aromatic N) is 3. The smallest absolute Gasteiger partial charge is 0.280 e. The molecule has 0 saturated carbocycles.